The monoisotopic (exact) mass is 561 g/mol. The number of amides is 1. The maximum Gasteiger partial charge on any atom is 0.416 e. The molecule has 1 saturated heterocycles. The first-order chi connectivity index (χ1) is 17.0. The first-order valence-electron chi connectivity index (χ1n) is 11.2. The average Bonchev–Trinajstić information content (AvgIpc) is 3.29. The highest BCUT2D eigenvalue weighted by Gasteiger charge is 2.30. The van der Waals surface area contributed by atoms with Crippen molar-refractivity contribution in [3.63, 3.8) is 0 Å². The van der Waals surface area contributed by atoms with Gasteiger partial charge in [-0.2, -0.15) is 13.2 Å². The van der Waals surface area contributed by atoms with Crippen molar-refractivity contribution in [2.45, 2.75) is 42.9 Å². The van der Waals surface area contributed by atoms with Gasteiger partial charge in [-0.3, -0.25) is 4.79 Å². The number of benzene rings is 2. The van der Waals surface area contributed by atoms with Gasteiger partial charge in [0.05, 0.1) is 33.6 Å². The number of hydrogen-bond acceptors (Lipinski definition) is 3. The van der Waals surface area contributed by atoms with Crippen LogP contribution >= 0.6 is 11.6 Å². The second-order valence-corrected chi connectivity index (χ2v) is 11.6. The molecule has 1 fully saturated rings. The molecular formula is C24H27ClF3N3O3S2. The van der Waals surface area contributed by atoms with Gasteiger partial charge in [0.15, 0.2) is 0 Å². The van der Waals surface area contributed by atoms with E-state index in [2.05, 4.69) is 16.6 Å². The number of halogens is 4. The van der Waals surface area contributed by atoms with E-state index in [9.17, 15) is 26.4 Å². The molecule has 0 radical (unpaired) electrons. The Labute approximate surface area is 218 Å². The van der Waals surface area contributed by atoms with Crippen LogP contribution in [0.15, 0.2) is 65.0 Å². The maximum absolute atomic E-state index is 13.1. The molecule has 3 rings (SSSR count). The molecule has 0 bridgehead atoms. The van der Waals surface area contributed by atoms with Crippen LogP contribution in [-0.2, 0) is 45.9 Å². The Hall–Kier alpha value is -2.05. The molecular weight excluding hydrogens is 535 g/mol. The summed E-state index contributed by atoms with van der Waals surface area (Å²) < 4.78 is 67.8. The summed E-state index contributed by atoms with van der Waals surface area (Å²) in [5.41, 5.74) is 0.546. The molecule has 1 heterocycles. The highest BCUT2D eigenvalue weighted by molar-refractivity contribution is 7.83. The van der Waals surface area contributed by atoms with Crippen molar-refractivity contribution in [1.29, 1.82) is 0 Å². The van der Waals surface area contributed by atoms with Crippen molar-refractivity contribution in [2.24, 2.45) is 0 Å². The summed E-state index contributed by atoms with van der Waals surface area (Å²) in [5.74, 6) is -0.126. The van der Waals surface area contributed by atoms with E-state index in [-0.39, 0.29) is 30.7 Å². The van der Waals surface area contributed by atoms with E-state index >= 15 is 0 Å². The molecule has 3 atom stereocenters. The lowest BCUT2D eigenvalue weighted by atomic mass is 10.1. The molecule has 2 aromatic rings. The van der Waals surface area contributed by atoms with Gasteiger partial charge in [0.25, 0.3) is 0 Å². The van der Waals surface area contributed by atoms with Gasteiger partial charge in [0.2, 0.25) is 5.91 Å². The normalized spacial score (nSPS) is 18.1. The van der Waals surface area contributed by atoms with Crippen molar-refractivity contribution < 1.29 is 26.4 Å². The number of alkyl halides is 3. The fourth-order valence-electron chi connectivity index (χ4n) is 3.73. The van der Waals surface area contributed by atoms with Gasteiger partial charge in [-0.05, 0) is 48.2 Å². The molecule has 0 aromatic heterocycles. The minimum absolute atomic E-state index is 0.0333. The van der Waals surface area contributed by atoms with Crippen LogP contribution in [-0.4, -0.2) is 43.5 Å². The lowest BCUT2D eigenvalue weighted by molar-refractivity contribution is -0.137. The van der Waals surface area contributed by atoms with E-state index in [0.29, 0.717) is 28.6 Å². The number of nitrogens with zero attached hydrogens (tertiary/aromatic N) is 1. The minimum Gasteiger partial charge on any atom is -0.352 e. The first-order valence-corrected chi connectivity index (χ1v) is 14.0. The Morgan fingerprint density at radius 3 is 2.33 bits per heavy atom. The lowest BCUT2D eigenvalue weighted by Gasteiger charge is -2.23. The smallest absolute Gasteiger partial charge is 0.352 e. The van der Waals surface area contributed by atoms with Crippen LogP contribution in [0.4, 0.5) is 13.2 Å². The summed E-state index contributed by atoms with van der Waals surface area (Å²) in [6.07, 6.45) is -2.61. The third-order valence-electron chi connectivity index (χ3n) is 5.56. The van der Waals surface area contributed by atoms with Crippen molar-refractivity contribution in [3.05, 3.63) is 76.8 Å². The van der Waals surface area contributed by atoms with Gasteiger partial charge >= 0.3 is 6.18 Å². The van der Waals surface area contributed by atoms with Crippen LogP contribution in [0, 0.1) is 0 Å². The van der Waals surface area contributed by atoms with Crippen LogP contribution < -0.4 is 10.0 Å². The minimum atomic E-state index is -4.40. The SMILES string of the molecule is C=C(Cl)CS(=O)NCC1CCCN1S(=O)c1ccc(CC(=O)NCc2ccc(C(F)(F)F)cc2)cc1. The van der Waals surface area contributed by atoms with Crippen LogP contribution in [0.2, 0.25) is 0 Å². The Morgan fingerprint density at radius 1 is 1.08 bits per heavy atom. The molecule has 1 aliphatic rings. The zero-order valence-electron chi connectivity index (χ0n) is 19.4. The highest BCUT2D eigenvalue weighted by Crippen LogP contribution is 2.29. The predicted octanol–water partition coefficient (Wildman–Crippen LogP) is 4.06. The zero-order chi connectivity index (χ0) is 26.3. The third-order valence-corrected chi connectivity index (χ3v) is 8.54. The number of rotatable bonds is 11. The molecule has 0 spiro atoms. The number of carbonyl (C=O) groups is 1. The summed E-state index contributed by atoms with van der Waals surface area (Å²) in [6, 6.07) is 11.5. The van der Waals surface area contributed by atoms with Gasteiger partial charge in [-0.15, -0.1) is 0 Å². The highest BCUT2D eigenvalue weighted by atomic mass is 35.5. The Kier molecular flexibility index (Phi) is 10.3. The molecule has 36 heavy (non-hydrogen) atoms. The number of hydrogen-bond donors (Lipinski definition) is 2. The van der Waals surface area contributed by atoms with Crippen LogP contribution in [0.1, 0.15) is 29.5 Å². The molecule has 196 valence electrons. The fourth-order valence-corrected chi connectivity index (χ4v) is 6.18. The van der Waals surface area contributed by atoms with Crippen molar-refractivity contribution >= 4 is 39.5 Å². The summed E-state index contributed by atoms with van der Waals surface area (Å²) in [6.45, 7) is 4.72. The second kappa shape index (κ2) is 13.0. The maximum atomic E-state index is 13.1. The van der Waals surface area contributed by atoms with Crippen LogP contribution in [0.25, 0.3) is 0 Å². The molecule has 12 heteroatoms. The van der Waals surface area contributed by atoms with Gasteiger partial charge in [-0.1, -0.05) is 42.4 Å². The van der Waals surface area contributed by atoms with E-state index in [0.717, 1.165) is 30.5 Å². The predicted molar refractivity (Wildman–Crippen MR) is 136 cm³/mol. The molecule has 0 saturated carbocycles. The van der Waals surface area contributed by atoms with Crippen molar-refractivity contribution in [3.8, 4) is 0 Å². The topological polar surface area (TPSA) is 78.5 Å². The van der Waals surface area contributed by atoms with E-state index in [1.54, 1.807) is 24.3 Å². The molecule has 1 aliphatic heterocycles. The molecule has 2 N–H and O–H groups in total. The molecule has 1 amide bonds. The quantitative estimate of drug-likeness (QED) is 0.434. The van der Waals surface area contributed by atoms with E-state index < -0.39 is 33.7 Å². The Morgan fingerprint density at radius 2 is 1.72 bits per heavy atom. The summed E-state index contributed by atoms with van der Waals surface area (Å²) in [5, 5.41) is 3.00. The molecule has 0 aliphatic carbocycles. The Bertz CT molecular complexity index is 1110. The fraction of sp³-hybridized carbons (Fsp3) is 0.375. The van der Waals surface area contributed by atoms with Gasteiger partial charge in [-0.25, -0.2) is 17.4 Å². The van der Waals surface area contributed by atoms with Crippen LogP contribution in [0.5, 0.6) is 0 Å². The van der Waals surface area contributed by atoms with E-state index in [1.807, 2.05) is 4.31 Å². The molecule has 6 nitrogen and oxygen atoms in total. The van der Waals surface area contributed by atoms with Crippen molar-refractivity contribution in [2.75, 3.05) is 18.8 Å². The second-order valence-electron chi connectivity index (χ2n) is 8.33. The largest absolute Gasteiger partial charge is 0.416 e. The van der Waals surface area contributed by atoms with Gasteiger partial charge in [0, 0.05) is 30.7 Å². The summed E-state index contributed by atoms with van der Waals surface area (Å²) >= 11 is 5.69. The zero-order valence-corrected chi connectivity index (χ0v) is 21.7. The standard InChI is InChI=1S/C24H27ClF3N3O3S2/c1-17(25)16-35(33)30-15-21-3-2-12-31(21)36(34)22-10-6-18(7-11-22)13-23(32)29-14-19-4-8-20(9-5-19)24(26,27)28/h4-11,21,30H,1-3,12-16H2,(H,29,32). The van der Waals surface area contributed by atoms with Gasteiger partial charge < -0.3 is 5.32 Å². The number of carbonyl (C=O) groups excluding carboxylic acids is 1. The van der Waals surface area contributed by atoms with E-state index in [4.69, 9.17) is 11.6 Å². The number of nitrogens with one attached hydrogen (secondary N) is 2. The third kappa shape index (κ3) is 8.52. The Balaban J connectivity index is 1.49. The van der Waals surface area contributed by atoms with Crippen LogP contribution in [0.3, 0.4) is 0 Å². The average molecular weight is 562 g/mol. The molecule has 2 aromatic carbocycles. The first kappa shape index (κ1) is 28.5. The van der Waals surface area contributed by atoms with E-state index in [1.165, 1.54) is 12.1 Å². The summed E-state index contributed by atoms with van der Waals surface area (Å²) in [7, 11) is -2.74. The van der Waals surface area contributed by atoms with Gasteiger partial charge in [0.1, 0.15) is 11.0 Å². The summed E-state index contributed by atoms with van der Waals surface area (Å²) in [4.78, 5) is 12.9. The molecule has 3 unspecified atom stereocenters. The van der Waals surface area contributed by atoms with Crippen molar-refractivity contribution in [1.82, 2.24) is 14.3 Å². The lowest BCUT2D eigenvalue weighted by Crippen LogP contribution is -2.39.